The second-order valence-electron chi connectivity index (χ2n) is 4.20. The average molecular weight is 260 g/mol. The van der Waals surface area contributed by atoms with Crippen molar-refractivity contribution in [2.24, 2.45) is 0 Å². The maximum Gasteiger partial charge on any atom is 0.330 e. The molecule has 1 rings (SSSR count). The topological polar surface area (TPSA) is 96.2 Å². The minimum atomic E-state index is -1.16. The van der Waals surface area contributed by atoms with Crippen molar-refractivity contribution < 1.29 is 29.6 Å². The molecule has 0 aliphatic carbocycles. The van der Waals surface area contributed by atoms with Crippen LogP contribution in [0.5, 0.6) is 0 Å². The number of aliphatic hydroxyl groups is 3. The van der Waals surface area contributed by atoms with Gasteiger partial charge in [-0.25, -0.2) is 4.79 Å². The molecule has 0 aromatic carbocycles. The first-order valence-corrected chi connectivity index (χ1v) is 6.05. The largest absolute Gasteiger partial charge is 0.454 e. The molecule has 1 aliphatic rings. The zero-order chi connectivity index (χ0) is 13.5. The number of ether oxygens (including phenoxy) is 2. The molecule has 0 radical (unpaired) electrons. The molecule has 4 atom stereocenters. The number of hydrogen-bond donors (Lipinski definition) is 3. The van der Waals surface area contributed by atoms with Crippen LogP contribution in [-0.2, 0) is 14.3 Å². The zero-order valence-electron chi connectivity index (χ0n) is 10.4. The highest BCUT2D eigenvalue weighted by Crippen LogP contribution is 2.19. The molecule has 0 aromatic heterocycles. The number of unbranched alkanes of at least 4 members (excludes halogenated alkanes) is 1. The zero-order valence-corrected chi connectivity index (χ0v) is 10.4. The molecule has 1 fully saturated rings. The molecule has 0 spiro atoms. The lowest BCUT2D eigenvalue weighted by molar-refractivity contribution is -0.156. The lowest BCUT2D eigenvalue weighted by atomic mass is 10.1. The van der Waals surface area contributed by atoms with Crippen LogP contribution in [0.25, 0.3) is 0 Å². The highest BCUT2D eigenvalue weighted by Gasteiger charge is 2.41. The molecule has 0 unspecified atom stereocenters. The third-order valence-electron chi connectivity index (χ3n) is 2.71. The standard InChI is InChI=1S/C12H20O6/c1-2-3-4-5-10(15)18-9(6-13)12-11(16)8(14)7-17-12/h4-5,8-9,11-14,16H,2-3,6-7H2,1H3/t8-,9+,11+,12+/m0/s1. The smallest absolute Gasteiger partial charge is 0.330 e. The Balaban J connectivity index is 2.49. The molecule has 104 valence electrons. The first kappa shape index (κ1) is 15.1. The van der Waals surface area contributed by atoms with Crippen molar-refractivity contribution in [3.63, 3.8) is 0 Å². The van der Waals surface area contributed by atoms with E-state index in [2.05, 4.69) is 0 Å². The van der Waals surface area contributed by atoms with Crippen LogP contribution in [-0.4, -0.2) is 58.9 Å². The van der Waals surface area contributed by atoms with Crippen molar-refractivity contribution in [1.82, 2.24) is 0 Å². The van der Waals surface area contributed by atoms with Crippen molar-refractivity contribution in [2.75, 3.05) is 13.2 Å². The van der Waals surface area contributed by atoms with Crippen LogP contribution >= 0.6 is 0 Å². The van der Waals surface area contributed by atoms with Crippen molar-refractivity contribution in [2.45, 2.75) is 44.2 Å². The molecule has 6 heteroatoms. The van der Waals surface area contributed by atoms with Crippen LogP contribution in [0.15, 0.2) is 12.2 Å². The van der Waals surface area contributed by atoms with Crippen molar-refractivity contribution in [3.8, 4) is 0 Å². The molecule has 1 aliphatic heterocycles. The van der Waals surface area contributed by atoms with Gasteiger partial charge >= 0.3 is 5.97 Å². The summed E-state index contributed by atoms with van der Waals surface area (Å²) < 4.78 is 10.1. The van der Waals surface area contributed by atoms with Gasteiger partial charge in [0.25, 0.3) is 0 Å². The third kappa shape index (κ3) is 4.06. The fourth-order valence-electron chi connectivity index (χ4n) is 1.70. The molecule has 18 heavy (non-hydrogen) atoms. The Morgan fingerprint density at radius 1 is 1.56 bits per heavy atom. The average Bonchev–Trinajstić information content (AvgIpc) is 2.68. The van der Waals surface area contributed by atoms with Crippen LogP contribution in [0.3, 0.4) is 0 Å². The quantitative estimate of drug-likeness (QED) is 0.434. The Bertz CT molecular complexity index is 290. The lowest BCUT2D eigenvalue weighted by Gasteiger charge is -2.23. The number of carbonyl (C=O) groups excluding carboxylic acids is 1. The summed E-state index contributed by atoms with van der Waals surface area (Å²) in [5.41, 5.74) is 0. The summed E-state index contributed by atoms with van der Waals surface area (Å²) in [6.45, 7) is 1.48. The third-order valence-corrected chi connectivity index (χ3v) is 2.71. The van der Waals surface area contributed by atoms with Crippen molar-refractivity contribution >= 4 is 5.97 Å². The maximum absolute atomic E-state index is 11.4. The monoisotopic (exact) mass is 260 g/mol. The van der Waals surface area contributed by atoms with E-state index in [0.29, 0.717) is 0 Å². The minimum absolute atomic E-state index is 0.0362. The van der Waals surface area contributed by atoms with Crippen molar-refractivity contribution in [1.29, 1.82) is 0 Å². The molecule has 6 nitrogen and oxygen atoms in total. The van der Waals surface area contributed by atoms with Gasteiger partial charge < -0.3 is 24.8 Å². The van der Waals surface area contributed by atoms with E-state index in [1.54, 1.807) is 6.08 Å². The Kier molecular flexibility index (Phi) is 6.28. The summed E-state index contributed by atoms with van der Waals surface area (Å²) in [6.07, 6.45) is 0.600. The van der Waals surface area contributed by atoms with E-state index in [9.17, 15) is 15.0 Å². The maximum atomic E-state index is 11.4. The summed E-state index contributed by atoms with van der Waals surface area (Å²) in [6, 6.07) is 0. The van der Waals surface area contributed by atoms with Gasteiger partial charge in [-0.1, -0.05) is 19.4 Å². The molecule has 0 bridgehead atoms. The van der Waals surface area contributed by atoms with Crippen LogP contribution < -0.4 is 0 Å². The lowest BCUT2D eigenvalue weighted by Crippen LogP contribution is -2.42. The van der Waals surface area contributed by atoms with Crippen LogP contribution in [0, 0.1) is 0 Å². The summed E-state index contributed by atoms with van der Waals surface area (Å²) in [5, 5.41) is 28.0. The molecule has 3 N–H and O–H groups in total. The number of aliphatic hydroxyl groups excluding tert-OH is 3. The molecular weight excluding hydrogens is 240 g/mol. The van der Waals surface area contributed by atoms with Crippen LogP contribution in [0.4, 0.5) is 0 Å². The summed E-state index contributed by atoms with van der Waals surface area (Å²) in [7, 11) is 0. The Labute approximate surface area is 106 Å². The summed E-state index contributed by atoms with van der Waals surface area (Å²) in [4.78, 5) is 11.4. The van der Waals surface area contributed by atoms with E-state index < -0.39 is 37.0 Å². The van der Waals surface area contributed by atoms with Gasteiger partial charge in [0.1, 0.15) is 18.3 Å². The normalized spacial score (nSPS) is 29.7. The minimum Gasteiger partial charge on any atom is -0.454 e. The number of rotatable bonds is 6. The van der Waals surface area contributed by atoms with E-state index >= 15 is 0 Å². The van der Waals surface area contributed by atoms with E-state index in [0.717, 1.165) is 12.8 Å². The molecule has 1 saturated heterocycles. The molecular formula is C12H20O6. The highest BCUT2D eigenvalue weighted by atomic mass is 16.6. The predicted octanol–water partition coefficient (Wildman–Crippen LogP) is -0.633. The fourth-order valence-corrected chi connectivity index (χ4v) is 1.70. The predicted molar refractivity (Wildman–Crippen MR) is 62.8 cm³/mol. The van der Waals surface area contributed by atoms with E-state index in [-0.39, 0.29) is 6.61 Å². The first-order valence-electron chi connectivity index (χ1n) is 6.05. The second kappa shape index (κ2) is 7.48. The van der Waals surface area contributed by atoms with Crippen LogP contribution in [0.1, 0.15) is 19.8 Å². The summed E-state index contributed by atoms with van der Waals surface area (Å²) >= 11 is 0. The van der Waals surface area contributed by atoms with E-state index in [1.807, 2.05) is 6.92 Å². The Morgan fingerprint density at radius 2 is 2.28 bits per heavy atom. The van der Waals surface area contributed by atoms with Gasteiger partial charge in [0, 0.05) is 6.08 Å². The second-order valence-corrected chi connectivity index (χ2v) is 4.20. The van der Waals surface area contributed by atoms with Gasteiger partial charge in [0.2, 0.25) is 0 Å². The van der Waals surface area contributed by atoms with E-state index in [1.165, 1.54) is 6.08 Å². The van der Waals surface area contributed by atoms with Gasteiger partial charge in [0.05, 0.1) is 13.2 Å². The highest BCUT2D eigenvalue weighted by molar-refractivity contribution is 5.82. The number of allylic oxidation sites excluding steroid dienone is 1. The van der Waals surface area contributed by atoms with Gasteiger partial charge in [-0.15, -0.1) is 0 Å². The van der Waals surface area contributed by atoms with Gasteiger partial charge in [-0.2, -0.15) is 0 Å². The SMILES string of the molecule is CCCC=CC(=O)O[C@H](CO)[C@H]1OC[C@H](O)[C@H]1O. The number of hydrogen-bond acceptors (Lipinski definition) is 6. The van der Waals surface area contributed by atoms with Gasteiger partial charge in [-0.3, -0.25) is 0 Å². The fraction of sp³-hybridized carbons (Fsp3) is 0.750. The van der Waals surface area contributed by atoms with Crippen molar-refractivity contribution in [3.05, 3.63) is 12.2 Å². The number of carbonyl (C=O) groups is 1. The first-order chi connectivity index (χ1) is 8.60. The number of esters is 1. The van der Waals surface area contributed by atoms with Gasteiger partial charge in [0.15, 0.2) is 6.10 Å². The molecule has 0 amide bonds. The summed E-state index contributed by atoms with van der Waals surface area (Å²) in [5.74, 6) is -0.598. The Hall–Kier alpha value is -0.950. The van der Waals surface area contributed by atoms with Crippen LogP contribution in [0.2, 0.25) is 0 Å². The van der Waals surface area contributed by atoms with E-state index in [4.69, 9.17) is 14.6 Å². The molecule has 0 saturated carbocycles. The van der Waals surface area contributed by atoms with Gasteiger partial charge in [-0.05, 0) is 6.42 Å². The molecule has 0 aromatic rings. The Morgan fingerprint density at radius 3 is 2.78 bits per heavy atom. The molecule has 1 heterocycles.